The second-order valence-corrected chi connectivity index (χ2v) is 7.66. The largest absolute Gasteiger partial charge is 0.469 e. The second kappa shape index (κ2) is 8.26. The van der Waals surface area contributed by atoms with Crippen LogP contribution in [0.3, 0.4) is 0 Å². The first kappa shape index (κ1) is 17.7. The molecule has 0 aliphatic carbocycles. The maximum atomic E-state index is 12.8. The number of carbonyl (C=O) groups excluding carboxylic acids is 2. The number of hydrogen-bond acceptors (Lipinski definition) is 4. The van der Waals surface area contributed by atoms with Gasteiger partial charge < -0.3 is 9.64 Å². The molecule has 2 aromatic rings. The molecule has 0 saturated heterocycles. The molecule has 1 aromatic heterocycles. The van der Waals surface area contributed by atoms with Gasteiger partial charge in [-0.25, -0.2) is 0 Å². The zero-order valence-corrected chi connectivity index (χ0v) is 15.4. The van der Waals surface area contributed by atoms with Crippen molar-refractivity contribution in [1.29, 1.82) is 0 Å². The Labute approximate surface area is 148 Å². The number of halogens is 1. The third-order valence-corrected chi connectivity index (χ3v) is 5.00. The van der Waals surface area contributed by atoms with Gasteiger partial charge in [-0.15, -0.1) is 11.3 Å². The maximum Gasteiger partial charge on any atom is 0.310 e. The third-order valence-electron chi connectivity index (χ3n) is 3.39. The minimum Gasteiger partial charge on any atom is -0.469 e. The fourth-order valence-electron chi connectivity index (χ4n) is 2.21. The molecule has 1 unspecified atom stereocenters. The minimum absolute atomic E-state index is 0.0830. The van der Waals surface area contributed by atoms with Crippen LogP contribution in [0, 0.1) is 5.92 Å². The Morgan fingerprint density at radius 2 is 1.91 bits per heavy atom. The van der Waals surface area contributed by atoms with E-state index >= 15 is 0 Å². The summed E-state index contributed by atoms with van der Waals surface area (Å²) in [7, 11) is 1.36. The molecule has 0 aliphatic heterocycles. The number of nitrogens with zero attached hydrogens (tertiary/aromatic N) is 1. The number of benzene rings is 1. The fraction of sp³-hybridized carbons (Fsp3) is 0.294. The van der Waals surface area contributed by atoms with Crippen LogP contribution >= 0.6 is 27.3 Å². The number of thiophene rings is 1. The van der Waals surface area contributed by atoms with Gasteiger partial charge in [-0.1, -0.05) is 37.3 Å². The first-order chi connectivity index (χ1) is 11.0. The quantitative estimate of drug-likeness (QED) is 0.695. The first-order valence-corrected chi connectivity index (χ1v) is 8.78. The summed E-state index contributed by atoms with van der Waals surface area (Å²) < 4.78 is 5.68. The number of esters is 1. The van der Waals surface area contributed by atoms with Crippen molar-refractivity contribution in [3.63, 3.8) is 0 Å². The van der Waals surface area contributed by atoms with Gasteiger partial charge >= 0.3 is 5.97 Å². The van der Waals surface area contributed by atoms with Crippen LogP contribution in [-0.4, -0.2) is 30.4 Å². The summed E-state index contributed by atoms with van der Waals surface area (Å²) in [6.07, 6.45) is 0. The Balaban J connectivity index is 2.19. The first-order valence-electron chi connectivity index (χ1n) is 7.17. The lowest BCUT2D eigenvalue weighted by atomic mass is 10.1. The fourth-order valence-corrected chi connectivity index (χ4v) is 3.57. The lowest BCUT2D eigenvalue weighted by Crippen LogP contribution is -2.36. The molecular weight excluding hydrogens is 378 g/mol. The highest BCUT2D eigenvalue weighted by atomic mass is 79.9. The smallest absolute Gasteiger partial charge is 0.310 e. The Kier molecular flexibility index (Phi) is 6.36. The van der Waals surface area contributed by atoms with E-state index in [-0.39, 0.29) is 17.8 Å². The average molecular weight is 396 g/mol. The summed E-state index contributed by atoms with van der Waals surface area (Å²) in [6, 6.07) is 13.4. The normalized spacial score (nSPS) is 11.8. The second-order valence-electron chi connectivity index (χ2n) is 5.20. The zero-order valence-electron chi connectivity index (χ0n) is 13.0. The van der Waals surface area contributed by atoms with Crippen LogP contribution in [0.4, 0.5) is 0 Å². The summed E-state index contributed by atoms with van der Waals surface area (Å²) in [5.41, 5.74) is 1.02. The van der Waals surface area contributed by atoms with Crippen molar-refractivity contribution in [1.82, 2.24) is 4.90 Å². The molecule has 0 saturated carbocycles. The van der Waals surface area contributed by atoms with E-state index < -0.39 is 0 Å². The van der Waals surface area contributed by atoms with Gasteiger partial charge in [0.1, 0.15) is 0 Å². The van der Waals surface area contributed by atoms with Gasteiger partial charge in [-0.2, -0.15) is 0 Å². The SMILES string of the molecule is COC(=O)C(C)CN(Cc1ccccc1)C(=O)c1ccc(Br)s1. The number of ether oxygens (including phenoxy) is 1. The van der Waals surface area contributed by atoms with E-state index in [2.05, 4.69) is 15.9 Å². The molecule has 122 valence electrons. The van der Waals surface area contributed by atoms with E-state index in [9.17, 15) is 9.59 Å². The lowest BCUT2D eigenvalue weighted by Gasteiger charge is -2.24. The number of carbonyl (C=O) groups is 2. The van der Waals surface area contributed by atoms with Crippen molar-refractivity contribution in [3.05, 3.63) is 56.7 Å². The summed E-state index contributed by atoms with van der Waals surface area (Å²) in [4.78, 5) is 26.8. The van der Waals surface area contributed by atoms with Gasteiger partial charge in [-0.05, 0) is 33.6 Å². The van der Waals surface area contributed by atoms with E-state index in [0.717, 1.165) is 9.35 Å². The van der Waals surface area contributed by atoms with E-state index in [1.807, 2.05) is 36.4 Å². The number of hydrogen-bond donors (Lipinski definition) is 0. The van der Waals surface area contributed by atoms with Crippen LogP contribution < -0.4 is 0 Å². The standard InChI is InChI=1S/C17H18BrNO3S/c1-12(17(21)22-2)10-19(11-13-6-4-3-5-7-13)16(20)14-8-9-15(18)23-14/h3-9,12H,10-11H2,1-2H3. The molecule has 4 nitrogen and oxygen atoms in total. The Bertz CT molecular complexity index is 671. The third kappa shape index (κ3) is 4.91. The van der Waals surface area contributed by atoms with E-state index in [0.29, 0.717) is 18.0 Å². The number of methoxy groups -OCH3 is 1. The minimum atomic E-state index is -0.379. The summed E-state index contributed by atoms with van der Waals surface area (Å²) >= 11 is 4.76. The molecule has 0 N–H and O–H groups in total. The van der Waals surface area contributed by atoms with Crippen molar-refractivity contribution >= 4 is 39.1 Å². The van der Waals surface area contributed by atoms with Crippen LogP contribution in [0.15, 0.2) is 46.3 Å². The van der Waals surface area contributed by atoms with Crippen molar-refractivity contribution in [2.75, 3.05) is 13.7 Å². The van der Waals surface area contributed by atoms with Crippen molar-refractivity contribution < 1.29 is 14.3 Å². The van der Waals surface area contributed by atoms with Gasteiger partial charge in [0.25, 0.3) is 5.91 Å². The molecular formula is C17H18BrNO3S. The molecule has 2 rings (SSSR count). The molecule has 1 amide bonds. The Morgan fingerprint density at radius 3 is 2.48 bits per heavy atom. The monoisotopic (exact) mass is 395 g/mol. The molecule has 0 aliphatic rings. The predicted molar refractivity (Wildman–Crippen MR) is 94.4 cm³/mol. The molecule has 23 heavy (non-hydrogen) atoms. The maximum absolute atomic E-state index is 12.8. The summed E-state index contributed by atoms with van der Waals surface area (Å²) in [6.45, 7) is 2.54. The summed E-state index contributed by atoms with van der Waals surface area (Å²) in [5, 5.41) is 0. The van der Waals surface area contributed by atoms with Crippen LogP contribution in [0.1, 0.15) is 22.2 Å². The Morgan fingerprint density at radius 1 is 1.22 bits per heavy atom. The lowest BCUT2D eigenvalue weighted by molar-refractivity contribution is -0.145. The van der Waals surface area contributed by atoms with Gasteiger partial charge in [0.15, 0.2) is 0 Å². The number of rotatable bonds is 6. The van der Waals surface area contributed by atoms with Gasteiger partial charge in [0.05, 0.1) is 21.7 Å². The summed E-state index contributed by atoms with van der Waals surface area (Å²) in [5.74, 6) is -0.778. The highest BCUT2D eigenvalue weighted by molar-refractivity contribution is 9.11. The highest BCUT2D eigenvalue weighted by Crippen LogP contribution is 2.24. The molecule has 0 spiro atoms. The van der Waals surface area contributed by atoms with Gasteiger partial charge in [0.2, 0.25) is 0 Å². The van der Waals surface area contributed by atoms with Crippen molar-refractivity contribution in [2.24, 2.45) is 5.92 Å². The Hall–Kier alpha value is -1.66. The van der Waals surface area contributed by atoms with Gasteiger partial charge in [0, 0.05) is 13.1 Å². The van der Waals surface area contributed by atoms with Crippen LogP contribution in [0.25, 0.3) is 0 Å². The molecule has 6 heteroatoms. The van der Waals surface area contributed by atoms with Crippen molar-refractivity contribution in [2.45, 2.75) is 13.5 Å². The zero-order chi connectivity index (χ0) is 16.8. The molecule has 1 aromatic carbocycles. The van der Waals surface area contributed by atoms with E-state index in [4.69, 9.17) is 4.74 Å². The van der Waals surface area contributed by atoms with Crippen LogP contribution in [0.2, 0.25) is 0 Å². The van der Waals surface area contributed by atoms with E-state index in [1.165, 1.54) is 18.4 Å². The molecule has 0 fully saturated rings. The molecule has 1 heterocycles. The predicted octanol–water partition coefficient (Wildman–Crippen LogP) is 3.96. The van der Waals surface area contributed by atoms with Crippen LogP contribution in [-0.2, 0) is 16.1 Å². The molecule has 1 atom stereocenters. The van der Waals surface area contributed by atoms with Gasteiger partial charge in [-0.3, -0.25) is 9.59 Å². The molecule has 0 bridgehead atoms. The number of amides is 1. The van der Waals surface area contributed by atoms with E-state index in [1.54, 1.807) is 17.9 Å². The molecule has 0 radical (unpaired) electrons. The highest BCUT2D eigenvalue weighted by Gasteiger charge is 2.23. The topological polar surface area (TPSA) is 46.6 Å². The average Bonchev–Trinajstić information content (AvgIpc) is 3.00. The van der Waals surface area contributed by atoms with Crippen molar-refractivity contribution in [3.8, 4) is 0 Å². The van der Waals surface area contributed by atoms with Crippen LogP contribution in [0.5, 0.6) is 0 Å².